The zero-order valence-electron chi connectivity index (χ0n) is 8.24. The van der Waals surface area contributed by atoms with E-state index >= 15 is 0 Å². The molecule has 0 saturated carbocycles. The highest BCUT2D eigenvalue weighted by atomic mass is 79.9. The Hall–Kier alpha value is -1.07. The van der Waals surface area contributed by atoms with Crippen LogP contribution in [0.2, 0.25) is 0 Å². The molecule has 0 fully saturated rings. The standard InChI is InChI=1S/C10H11BrN2O2/c1-7(9-2-3-10(11)14-9)12-6-8-4-5-13-15-8/h2-5,7,12H,6H2,1H3. The van der Waals surface area contributed by atoms with Gasteiger partial charge in [-0.25, -0.2) is 0 Å². The van der Waals surface area contributed by atoms with E-state index < -0.39 is 0 Å². The molecule has 0 aliphatic heterocycles. The van der Waals surface area contributed by atoms with E-state index in [1.807, 2.05) is 25.1 Å². The van der Waals surface area contributed by atoms with Gasteiger partial charge in [0.15, 0.2) is 4.67 Å². The number of aromatic nitrogens is 1. The second kappa shape index (κ2) is 4.63. The van der Waals surface area contributed by atoms with Crippen molar-refractivity contribution in [3.05, 3.63) is 40.6 Å². The highest BCUT2D eigenvalue weighted by Crippen LogP contribution is 2.20. The molecule has 1 unspecified atom stereocenters. The first kappa shape index (κ1) is 10.4. The first-order valence-corrected chi connectivity index (χ1v) is 5.43. The molecule has 0 spiro atoms. The van der Waals surface area contributed by atoms with Crippen molar-refractivity contribution in [3.63, 3.8) is 0 Å². The third kappa shape index (κ3) is 2.70. The van der Waals surface area contributed by atoms with Crippen molar-refractivity contribution in [1.82, 2.24) is 10.5 Å². The van der Waals surface area contributed by atoms with Crippen LogP contribution in [0.4, 0.5) is 0 Å². The first-order valence-electron chi connectivity index (χ1n) is 4.64. The Labute approximate surface area is 95.8 Å². The number of hydrogen-bond acceptors (Lipinski definition) is 4. The summed E-state index contributed by atoms with van der Waals surface area (Å²) in [5, 5.41) is 6.90. The smallest absolute Gasteiger partial charge is 0.169 e. The lowest BCUT2D eigenvalue weighted by Gasteiger charge is -2.08. The Kier molecular flexibility index (Phi) is 3.23. The van der Waals surface area contributed by atoms with Gasteiger partial charge in [-0.05, 0) is 35.0 Å². The van der Waals surface area contributed by atoms with Gasteiger partial charge in [-0.1, -0.05) is 5.16 Å². The van der Waals surface area contributed by atoms with Crippen LogP contribution in [0.3, 0.4) is 0 Å². The number of hydrogen-bond donors (Lipinski definition) is 1. The minimum Gasteiger partial charge on any atom is -0.453 e. The lowest BCUT2D eigenvalue weighted by Crippen LogP contribution is -2.17. The van der Waals surface area contributed by atoms with Gasteiger partial charge in [0.05, 0.1) is 18.8 Å². The van der Waals surface area contributed by atoms with Crippen molar-refractivity contribution < 1.29 is 8.94 Å². The monoisotopic (exact) mass is 270 g/mol. The molecule has 0 aromatic carbocycles. The van der Waals surface area contributed by atoms with Crippen molar-refractivity contribution in [2.45, 2.75) is 19.5 Å². The summed E-state index contributed by atoms with van der Waals surface area (Å²) in [5.41, 5.74) is 0. The number of nitrogens with one attached hydrogen (secondary N) is 1. The van der Waals surface area contributed by atoms with Gasteiger partial charge in [-0.15, -0.1) is 0 Å². The van der Waals surface area contributed by atoms with Crippen LogP contribution in [-0.2, 0) is 6.54 Å². The molecule has 0 bridgehead atoms. The summed E-state index contributed by atoms with van der Waals surface area (Å²) in [6.45, 7) is 2.67. The quantitative estimate of drug-likeness (QED) is 0.928. The molecule has 1 atom stereocenters. The maximum atomic E-state index is 5.42. The van der Waals surface area contributed by atoms with Gasteiger partial charge in [0.1, 0.15) is 11.5 Å². The molecule has 0 aliphatic carbocycles. The topological polar surface area (TPSA) is 51.2 Å². The fourth-order valence-electron chi connectivity index (χ4n) is 1.25. The van der Waals surface area contributed by atoms with E-state index in [4.69, 9.17) is 8.94 Å². The summed E-state index contributed by atoms with van der Waals surface area (Å²) in [6, 6.07) is 5.78. The van der Waals surface area contributed by atoms with E-state index in [9.17, 15) is 0 Å². The third-order valence-corrected chi connectivity index (χ3v) is 2.52. The largest absolute Gasteiger partial charge is 0.453 e. The molecule has 4 nitrogen and oxygen atoms in total. The molecule has 0 radical (unpaired) electrons. The van der Waals surface area contributed by atoms with E-state index in [0.717, 1.165) is 16.2 Å². The van der Waals surface area contributed by atoms with Crippen molar-refractivity contribution >= 4 is 15.9 Å². The van der Waals surface area contributed by atoms with E-state index in [1.165, 1.54) is 0 Å². The molecule has 2 rings (SSSR count). The molecule has 1 N–H and O–H groups in total. The molecule has 5 heteroatoms. The van der Waals surface area contributed by atoms with Crippen LogP contribution in [0.5, 0.6) is 0 Å². The fraction of sp³-hybridized carbons (Fsp3) is 0.300. The lowest BCUT2D eigenvalue weighted by molar-refractivity contribution is 0.354. The summed E-state index contributed by atoms with van der Waals surface area (Å²) >= 11 is 3.27. The van der Waals surface area contributed by atoms with Gasteiger partial charge in [0.25, 0.3) is 0 Å². The van der Waals surface area contributed by atoms with Crippen molar-refractivity contribution in [1.29, 1.82) is 0 Å². The molecule has 2 heterocycles. The second-order valence-electron chi connectivity index (χ2n) is 3.22. The molecule has 80 valence electrons. The molecule has 0 amide bonds. The molecule has 0 aliphatic rings. The zero-order valence-corrected chi connectivity index (χ0v) is 9.82. The van der Waals surface area contributed by atoms with E-state index in [1.54, 1.807) is 6.20 Å². The average molecular weight is 271 g/mol. The minimum atomic E-state index is 0.140. The highest BCUT2D eigenvalue weighted by Gasteiger charge is 2.09. The van der Waals surface area contributed by atoms with Crippen LogP contribution in [0, 0.1) is 0 Å². The molecule has 15 heavy (non-hydrogen) atoms. The number of nitrogens with zero attached hydrogens (tertiary/aromatic N) is 1. The van der Waals surface area contributed by atoms with Gasteiger partial charge >= 0.3 is 0 Å². The summed E-state index contributed by atoms with van der Waals surface area (Å²) in [7, 11) is 0. The van der Waals surface area contributed by atoms with E-state index in [-0.39, 0.29) is 6.04 Å². The van der Waals surface area contributed by atoms with Crippen molar-refractivity contribution in [3.8, 4) is 0 Å². The molecule has 2 aromatic heterocycles. The van der Waals surface area contributed by atoms with Crippen LogP contribution >= 0.6 is 15.9 Å². The second-order valence-corrected chi connectivity index (χ2v) is 4.00. The van der Waals surface area contributed by atoms with Crippen LogP contribution in [0.1, 0.15) is 24.5 Å². The Morgan fingerprint density at radius 3 is 2.93 bits per heavy atom. The Bertz CT molecular complexity index is 411. The molecular formula is C10H11BrN2O2. The number of furan rings is 1. The molecule has 2 aromatic rings. The zero-order chi connectivity index (χ0) is 10.7. The molecular weight excluding hydrogens is 260 g/mol. The van der Waals surface area contributed by atoms with Gasteiger partial charge in [0.2, 0.25) is 0 Å². The Morgan fingerprint density at radius 1 is 1.47 bits per heavy atom. The Morgan fingerprint density at radius 2 is 2.33 bits per heavy atom. The van der Waals surface area contributed by atoms with Crippen LogP contribution in [-0.4, -0.2) is 5.16 Å². The number of rotatable bonds is 4. The van der Waals surface area contributed by atoms with Gasteiger partial charge in [0, 0.05) is 6.07 Å². The average Bonchev–Trinajstić information content (AvgIpc) is 2.84. The predicted octanol–water partition coefficient (Wildman–Crippen LogP) is 2.88. The van der Waals surface area contributed by atoms with Gasteiger partial charge in [-0.2, -0.15) is 0 Å². The first-order chi connectivity index (χ1) is 7.25. The Balaban J connectivity index is 1.90. The van der Waals surface area contributed by atoms with Crippen LogP contribution in [0.15, 0.2) is 38.0 Å². The van der Waals surface area contributed by atoms with Gasteiger partial charge < -0.3 is 14.3 Å². The maximum Gasteiger partial charge on any atom is 0.169 e. The van der Waals surface area contributed by atoms with Crippen molar-refractivity contribution in [2.75, 3.05) is 0 Å². The highest BCUT2D eigenvalue weighted by molar-refractivity contribution is 9.10. The SMILES string of the molecule is CC(NCc1ccno1)c1ccc(Br)o1. The van der Waals surface area contributed by atoms with Crippen molar-refractivity contribution in [2.24, 2.45) is 0 Å². The summed E-state index contributed by atoms with van der Waals surface area (Å²) in [6.07, 6.45) is 1.63. The normalized spacial score (nSPS) is 12.9. The molecule has 0 saturated heterocycles. The predicted molar refractivity (Wildman–Crippen MR) is 58.2 cm³/mol. The van der Waals surface area contributed by atoms with Crippen LogP contribution in [0.25, 0.3) is 0 Å². The number of halogens is 1. The van der Waals surface area contributed by atoms with Gasteiger partial charge in [-0.3, -0.25) is 0 Å². The summed E-state index contributed by atoms with van der Waals surface area (Å²) in [4.78, 5) is 0. The third-order valence-electron chi connectivity index (χ3n) is 2.09. The summed E-state index contributed by atoms with van der Waals surface area (Å²) < 4.78 is 11.1. The lowest BCUT2D eigenvalue weighted by atomic mass is 10.2. The fourth-order valence-corrected chi connectivity index (χ4v) is 1.57. The minimum absolute atomic E-state index is 0.140. The van der Waals surface area contributed by atoms with E-state index in [2.05, 4.69) is 26.4 Å². The van der Waals surface area contributed by atoms with Crippen LogP contribution < -0.4 is 5.32 Å². The van der Waals surface area contributed by atoms with E-state index in [0.29, 0.717) is 6.54 Å². The maximum absolute atomic E-state index is 5.42. The summed E-state index contributed by atoms with van der Waals surface area (Å²) in [5.74, 6) is 1.70.